The van der Waals surface area contributed by atoms with Gasteiger partial charge < -0.3 is 0 Å². The molecule has 0 spiro atoms. The Morgan fingerprint density at radius 3 is 1.61 bits per heavy atom. The molecule has 2 aromatic heterocycles. The molecule has 0 unspecified atom stereocenters. The first-order chi connectivity index (χ1) is 28.2. The maximum Gasteiger partial charge on any atom is 0.160 e. The van der Waals surface area contributed by atoms with Crippen molar-refractivity contribution < 1.29 is 0 Å². The van der Waals surface area contributed by atoms with Crippen molar-refractivity contribution in [2.75, 3.05) is 0 Å². The molecule has 11 rings (SSSR count). The van der Waals surface area contributed by atoms with Crippen molar-refractivity contribution in [2.45, 2.75) is 0 Å². The molecule has 0 amide bonds. The summed E-state index contributed by atoms with van der Waals surface area (Å²) in [7, 11) is 0. The van der Waals surface area contributed by atoms with Crippen molar-refractivity contribution in [3.8, 4) is 67.3 Å². The van der Waals surface area contributed by atoms with Crippen molar-refractivity contribution in [2.24, 2.45) is 0 Å². The molecular weight excluding hydrogens is 709 g/mol. The molecule has 57 heavy (non-hydrogen) atoms. The molecule has 0 bridgehead atoms. The van der Waals surface area contributed by atoms with Crippen LogP contribution in [0.3, 0.4) is 0 Å². The summed E-state index contributed by atoms with van der Waals surface area (Å²) in [6.07, 6.45) is 0. The zero-order chi connectivity index (χ0) is 37.7. The maximum absolute atomic E-state index is 5.35. The molecular formula is C54H34N2S. The largest absolute Gasteiger partial charge is 0.228 e. The van der Waals surface area contributed by atoms with Crippen LogP contribution in [-0.4, -0.2) is 9.97 Å². The molecule has 0 radical (unpaired) electrons. The highest BCUT2D eigenvalue weighted by Gasteiger charge is 2.17. The number of nitrogens with zero attached hydrogens (tertiary/aromatic N) is 2. The van der Waals surface area contributed by atoms with Crippen molar-refractivity contribution in [1.82, 2.24) is 9.97 Å². The molecule has 0 atom stereocenters. The minimum Gasteiger partial charge on any atom is -0.228 e. The monoisotopic (exact) mass is 742 g/mol. The van der Waals surface area contributed by atoms with E-state index in [9.17, 15) is 0 Å². The van der Waals surface area contributed by atoms with E-state index in [1.807, 2.05) is 17.4 Å². The first-order valence-corrected chi connectivity index (χ1v) is 20.1. The Morgan fingerprint density at radius 1 is 0.281 bits per heavy atom. The van der Waals surface area contributed by atoms with Crippen LogP contribution in [-0.2, 0) is 0 Å². The number of benzene rings is 9. The number of hydrogen-bond acceptors (Lipinski definition) is 3. The van der Waals surface area contributed by atoms with E-state index in [0.29, 0.717) is 5.82 Å². The van der Waals surface area contributed by atoms with Gasteiger partial charge in [-0.2, -0.15) is 0 Å². The Morgan fingerprint density at radius 2 is 0.825 bits per heavy atom. The zero-order valence-electron chi connectivity index (χ0n) is 30.9. The van der Waals surface area contributed by atoms with Crippen molar-refractivity contribution in [3.05, 3.63) is 206 Å². The van der Waals surface area contributed by atoms with Gasteiger partial charge in [0.15, 0.2) is 5.82 Å². The summed E-state index contributed by atoms with van der Waals surface area (Å²) in [4.78, 5) is 10.7. The lowest BCUT2D eigenvalue weighted by Crippen LogP contribution is -1.97. The second-order valence-electron chi connectivity index (χ2n) is 14.6. The average Bonchev–Trinajstić information content (AvgIpc) is 3.67. The van der Waals surface area contributed by atoms with Crippen LogP contribution in [0.1, 0.15) is 0 Å². The van der Waals surface area contributed by atoms with Crippen molar-refractivity contribution in [1.29, 1.82) is 0 Å². The van der Waals surface area contributed by atoms with Crippen LogP contribution < -0.4 is 0 Å². The number of fused-ring (bicyclic) bond motifs is 6. The SMILES string of the molecule is c1ccc(-c2cccc(-c3cc(-c4ccc5sc6ccccc6c5c4)cc(-c4cc(-c5cc6ccccc6c6ccccc56)nc(-c5ccccc5)n4)c3)c2)cc1. The number of aromatic nitrogens is 2. The number of thiophene rings is 1. The van der Waals surface area contributed by atoms with Crippen molar-refractivity contribution >= 4 is 53.1 Å². The van der Waals surface area contributed by atoms with Gasteiger partial charge in [0.05, 0.1) is 11.4 Å². The molecule has 0 aliphatic heterocycles. The minimum absolute atomic E-state index is 0.699. The van der Waals surface area contributed by atoms with Crippen molar-refractivity contribution in [3.63, 3.8) is 0 Å². The van der Waals surface area contributed by atoms with E-state index in [1.54, 1.807) is 0 Å². The van der Waals surface area contributed by atoms with Crippen LogP contribution in [0.15, 0.2) is 206 Å². The van der Waals surface area contributed by atoms with E-state index in [0.717, 1.165) is 44.8 Å². The second-order valence-corrected chi connectivity index (χ2v) is 15.7. The predicted molar refractivity (Wildman–Crippen MR) is 243 cm³/mol. The van der Waals surface area contributed by atoms with Gasteiger partial charge in [0.2, 0.25) is 0 Å². The van der Waals surface area contributed by atoms with Gasteiger partial charge in [-0.3, -0.25) is 0 Å². The molecule has 0 aliphatic rings. The third-order valence-corrected chi connectivity index (χ3v) is 12.2. The molecule has 0 aliphatic carbocycles. The second kappa shape index (κ2) is 13.8. The topological polar surface area (TPSA) is 25.8 Å². The maximum atomic E-state index is 5.35. The Labute approximate surface area is 335 Å². The van der Waals surface area contributed by atoms with E-state index >= 15 is 0 Å². The average molecular weight is 743 g/mol. The highest BCUT2D eigenvalue weighted by Crippen LogP contribution is 2.41. The standard InChI is InChI=1S/C54H34N2S/c1-3-14-35(15-4-1)37-19-13-20-38(28-37)41-29-42(39-26-27-53-49(32-39)47-24-11-12-25-52(47)57-53)31-43(30-41)50-34-51(56-54(55-50)36-16-5-2-6-17-36)48-33-40-18-7-8-21-44(40)45-22-9-10-23-46(45)48/h1-34H. The fourth-order valence-electron chi connectivity index (χ4n) is 8.24. The Balaban J connectivity index is 1.16. The van der Waals surface area contributed by atoms with Crippen LogP contribution >= 0.6 is 11.3 Å². The lowest BCUT2D eigenvalue weighted by Gasteiger charge is -2.15. The predicted octanol–water partition coefficient (Wildman–Crippen LogP) is 15.2. The molecule has 0 saturated carbocycles. The van der Waals surface area contributed by atoms with Gasteiger partial charge in [0, 0.05) is 36.9 Å². The van der Waals surface area contributed by atoms with Gasteiger partial charge in [-0.05, 0) is 110 Å². The highest BCUT2D eigenvalue weighted by atomic mass is 32.1. The fourth-order valence-corrected chi connectivity index (χ4v) is 9.33. The van der Waals surface area contributed by atoms with Crippen LogP contribution in [0.25, 0.3) is 109 Å². The zero-order valence-corrected chi connectivity index (χ0v) is 31.7. The third kappa shape index (κ3) is 6.06. The molecule has 2 nitrogen and oxygen atoms in total. The molecule has 0 N–H and O–H groups in total. The minimum atomic E-state index is 0.699. The lowest BCUT2D eigenvalue weighted by atomic mass is 9.92. The van der Waals surface area contributed by atoms with Gasteiger partial charge in [0.1, 0.15) is 0 Å². The summed E-state index contributed by atoms with van der Waals surface area (Å²) in [5, 5.41) is 7.38. The summed E-state index contributed by atoms with van der Waals surface area (Å²) in [6, 6.07) is 74.1. The summed E-state index contributed by atoms with van der Waals surface area (Å²) < 4.78 is 2.60. The highest BCUT2D eigenvalue weighted by molar-refractivity contribution is 7.25. The molecule has 2 heterocycles. The summed E-state index contributed by atoms with van der Waals surface area (Å²) in [5.41, 5.74) is 11.9. The Kier molecular flexibility index (Phi) is 8.04. The van der Waals surface area contributed by atoms with Gasteiger partial charge >= 0.3 is 0 Å². The van der Waals surface area contributed by atoms with E-state index < -0.39 is 0 Å². The number of hydrogen-bond donors (Lipinski definition) is 0. The molecule has 11 aromatic rings. The first-order valence-electron chi connectivity index (χ1n) is 19.3. The van der Waals surface area contributed by atoms with Crippen LogP contribution in [0.4, 0.5) is 0 Å². The molecule has 0 saturated heterocycles. The quantitative estimate of drug-likeness (QED) is 0.159. The van der Waals surface area contributed by atoms with E-state index in [-0.39, 0.29) is 0 Å². The molecule has 3 heteroatoms. The summed E-state index contributed by atoms with van der Waals surface area (Å²) in [6.45, 7) is 0. The third-order valence-electron chi connectivity index (χ3n) is 11.0. The Bertz CT molecular complexity index is 3290. The van der Waals surface area contributed by atoms with Gasteiger partial charge in [-0.25, -0.2) is 9.97 Å². The normalized spacial score (nSPS) is 11.5. The Hall–Kier alpha value is -7.20. The molecule has 0 fully saturated rings. The van der Waals surface area contributed by atoms with E-state index in [2.05, 4.69) is 200 Å². The number of rotatable bonds is 6. The van der Waals surface area contributed by atoms with Crippen LogP contribution in [0.5, 0.6) is 0 Å². The van der Waals surface area contributed by atoms with Gasteiger partial charge in [-0.15, -0.1) is 11.3 Å². The molecule has 266 valence electrons. The first kappa shape index (κ1) is 33.2. The van der Waals surface area contributed by atoms with E-state index in [4.69, 9.17) is 9.97 Å². The van der Waals surface area contributed by atoms with Gasteiger partial charge in [-0.1, -0.05) is 152 Å². The smallest absolute Gasteiger partial charge is 0.160 e. The molecule has 9 aromatic carbocycles. The van der Waals surface area contributed by atoms with Gasteiger partial charge in [0.25, 0.3) is 0 Å². The fraction of sp³-hybridized carbons (Fsp3) is 0. The van der Waals surface area contributed by atoms with E-state index in [1.165, 1.54) is 58.4 Å². The van der Waals surface area contributed by atoms with Crippen LogP contribution in [0.2, 0.25) is 0 Å². The van der Waals surface area contributed by atoms with Crippen LogP contribution in [0, 0.1) is 0 Å². The summed E-state index contributed by atoms with van der Waals surface area (Å²) in [5.74, 6) is 0.699. The lowest BCUT2D eigenvalue weighted by molar-refractivity contribution is 1.19. The summed E-state index contributed by atoms with van der Waals surface area (Å²) >= 11 is 1.85.